The average molecular weight is 408 g/mol. The fraction of sp³-hybridized carbons (Fsp3) is 0.105. The summed E-state index contributed by atoms with van der Waals surface area (Å²) >= 11 is 6.04. The molecule has 0 spiro atoms. The van der Waals surface area contributed by atoms with Gasteiger partial charge in [0, 0.05) is 16.1 Å². The summed E-state index contributed by atoms with van der Waals surface area (Å²) in [5.74, 6) is 1.05. The Morgan fingerprint density at radius 3 is 2.79 bits per heavy atom. The molecule has 9 nitrogen and oxygen atoms in total. The van der Waals surface area contributed by atoms with Crippen molar-refractivity contribution in [3.63, 3.8) is 0 Å². The molecule has 1 unspecified atom stereocenters. The maximum absolute atomic E-state index is 12.6. The molecule has 5 rings (SSSR count). The number of nitrogens with zero attached hydrogens (tertiary/aromatic N) is 5. The van der Waals surface area contributed by atoms with Crippen LogP contribution in [0, 0.1) is 0 Å². The summed E-state index contributed by atoms with van der Waals surface area (Å²) in [7, 11) is 1.60. The number of fused-ring (bicyclic) bond motifs is 2. The molecule has 0 saturated carbocycles. The molecule has 2 aromatic carbocycles. The summed E-state index contributed by atoms with van der Waals surface area (Å²) in [5.41, 5.74) is 2.89. The Morgan fingerprint density at radius 2 is 2.00 bits per heavy atom. The molecule has 4 aromatic rings. The zero-order chi connectivity index (χ0) is 20.0. The molecule has 29 heavy (non-hydrogen) atoms. The van der Waals surface area contributed by atoms with Crippen LogP contribution in [0.1, 0.15) is 17.2 Å². The number of halogens is 1. The first kappa shape index (κ1) is 17.4. The minimum atomic E-state index is -0.480. The molecule has 144 valence electrons. The highest BCUT2D eigenvalue weighted by Gasteiger charge is 2.34. The van der Waals surface area contributed by atoms with E-state index in [0.29, 0.717) is 33.7 Å². The van der Waals surface area contributed by atoms with E-state index in [1.54, 1.807) is 23.9 Å². The molecular weight excluding hydrogens is 394 g/mol. The molecule has 1 aliphatic heterocycles. The molecule has 0 amide bonds. The van der Waals surface area contributed by atoms with E-state index < -0.39 is 6.04 Å². The van der Waals surface area contributed by atoms with Crippen LogP contribution in [0.15, 0.2) is 53.3 Å². The van der Waals surface area contributed by atoms with Gasteiger partial charge in [-0.25, -0.2) is 5.10 Å². The van der Waals surface area contributed by atoms with Crippen LogP contribution in [0.2, 0.25) is 5.02 Å². The molecule has 0 bridgehead atoms. The van der Waals surface area contributed by atoms with E-state index in [9.17, 15) is 4.79 Å². The summed E-state index contributed by atoms with van der Waals surface area (Å²) < 4.78 is 7.00. The molecular formula is C19H14ClN7O2. The van der Waals surface area contributed by atoms with Gasteiger partial charge in [0.1, 0.15) is 17.5 Å². The van der Waals surface area contributed by atoms with Crippen molar-refractivity contribution in [2.75, 3.05) is 12.4 Å². The second-order valence-electron chi connectivity index (χ2n) is 6.45. The lowest BCUT2D eigenvalue weighted by molar-refractivity contribution is 0.413. The Balaban J connectivity index is 1.81. The van der Waals surface area contributed by atoms with E-state index in [1.165, 1.54) is 0 Å². The summed E-state index contributed by atoms with van der Waals surface area (Å²) in [6.45, 7) is 0. The maximum atomic E-state index is 12.6. The lowest BCUT2D eigenvalue weighted by Crippen LogP contribution is -2.29. The number of H-pyrrole nitrogens is 1. The highest BCUT2D eigenvalue weighted by Crippen LogP contribution is 2.41. The summed E-state index contributed by atoms with van der Waals surface area (Å²) in [6.07, 6.45) is 0. The predicted molar refractivity (Wildman–Crippen MR) is 107 cm³/mol. The number of anilines is 2. The number of ether oxygens (including phenoxy) is 1. The standard InChI is InChI=1S/C19H14ClN7O2/c1-29-13-4-2-3-11(9-13)17-14-15(10-5-7-12(20)8-6-10)22-23-18(28)16(14)21-19-24-25-26-27(17)19/h2-9,17H,1H3,(H,23,28)(H,21,24,26). The van der Waals surface area contributed by atoms with E-state index in [1.807, 2.05) is 36.4 Å². The minimum absolute atomic E-state index is 0.347. The van der Waals surface area contributed by atoms with Gasteiger partial charge in [-0.3, -0.25) is 4.79 Å². The van der Waals surface area contributed by atoms with Crippen molar-refractivity contribution in [3.8, 4) is 17.0 Å². The van der Waals surface area contributed by atoms with Crippen molar-refractivity contribution in [3.05, 3.63) is 75.0 Å². The Kier molecular flexibility index (Phi) is 4.02. The largest absolute Gasteiger partial charge is 0.497 e. The number of hydrogen-bond donors (Lipinski definition) is 2. The van der Waals surface area contributed by atoms with Gasteiger partial charge in [0.25, 0.3) is 5.56 Å². The molecule has 2 N–H and O–H groups in total. The number of methoxy groups -OCH3 is 1. The summed E-state index contributed by atoms with van der Waals surface area (Å²) in [4.78, 5) is 12.6. The number of rotatable bonds is 3. The second-order valence-corrected chi connectivity index (χ2v) is 6.88. The SMILES string of the molecule is COc1cccc(C2c3c(-c4ccc(Cl)cc4)n[nH]c(=O)c3Nc3nnnn32)c1. The molecule has 2 aromatic heterocycles. The van der Waals surface area contributed by atoms with Gasteiger partial charge in [-0.1, -0.05) is 41.0 Å². The Labute approximate surface area is 169 Å². The smallest absolute Gasteiger partial charge is 0.288 e. The summed E-state index contributed by atoms with van der Waals surface area (Å²) in [5, 5.41) is 22.4. The Morgan fingerprint density at radius 1 is 1.17 bits per heavy atom. The Hall–Kier alpha value is -3.72. The third-order valence-electron chi connectivity index (χ3n) is 4.80. The van der Waals surface area contributed by atoms with Crippen LogP contribution in [0.5, 0.6) is 5.75 Å². The van der Waals surface area contributed by atoms with Crippen molar-refractivity contribution in [1.82, 2.24) is 30.4 Å². The monoisotopic (exact) mass is 407 g/mol. The fourth-order valence-electron chi connectivity index (χ4n) is 3.49. The molecule has 0 radical (unpaired) electrons. The van der Waals surface area contributed by atoms with Crippen LogP contribution in [0.4, 0.5) is 11.6 Å². The molecule has 1 atom stereocenters. The van der Waals surface area contributed by atoms with Gasteiger partial charge in [0.05, 0.1) is 12.8 Å². The van der Waals surface area contributed by atoms with Gasteiger partial charge in [0.15, 0.2) is 0 Å². The highest BCUT2D eigenvalue weighted by molar-refractivity contribution is 6.30. The van der Waals surface area contributed by atoms with Gasteiger partial charge in [-0.15, -0.1) is 0 Å². The molecule has 0 fully saturated rings. The molecule has 0 saturated heterocycles. The highest BCUT2D eigenvalue weighted by atomic mass is 35.5. The van der Waals surface area contributed by atoms with E-state index in [2.05, 4.69) is 31.0 Å². The number of hydrogen-bond acceptors (Lipinski definition) is 7. The fourth-order valence-corrected chi connectivity index (χ4v) is 3.61. The number of tetrazole rings is 1. The average Bonchev–Trinajstić information content (AvgIpc) is 3.22. The van der Waals surface area contributed by atoms with E-state index in [4.69, 9.17) is 16.3 Å². The first-order valence-corrected chi connectivity index (χ1v) is 9.11. The first-order chi connectivity index (χ1) is 14.2. The van der Waals surface area contributed by atoms with Crippen LogP contribution in [-0.4, -0.2) is 37.5 Å². The number of benzene rings is 2. The lowest BCUT2D eigenvalue weighted by Gasteiger charge is -2.28. The molecule has 10 heteroatoms. The van der Waals surface area contributed by atoms with E-state index in [0.717, 1.165) is 11.1 Å². The normalized spacial score (nSPS) is 14.6. The third kappa shape index (κ3) is 2.83. The van der Waals surface area contributed by atoms with Crippen LogP contribution < -0.4 is 15.6 Å². The van der Waals surface area contributed by atoms with Crippen LogP contribution in [0.25, 0.3) is 11.3 Å². The number of nitrogens with one attached hydrogen (secondary N) is 2. The van der Waals surface area contributed by atoms with Gasteiger partial charge in [0.2, 0.25) is 5.95 Å². The van der Waals surface area contributed by atoms with Gasteiger partial charge in [-0.2, -0.15) is 9.78 Å². The van der Waals surface area contributed by atoms with Crippen LogP contribution >= 0.6 is 11.6 Å². The predicted octanol–water partition coefficient (Wildman–Crippen LogP) is 2.78. The van der Waals surface area contributed by atoms with Crippen LogP contribution in [-0.2, 0) is 0 Å². The van der Waals surface area contributed by atoms with Crippen LogP contribution in [0.3, 0.4) is 0 Å². The zero-order valence-corrected chi connectivity index (χ0v) is 15.9. The second kappa shape index (κ2) is 6.71. The number of aromatic nitrogens is 6. The quantitative estimate of drug-likeness (QED) is 0.473. The minimum Gasteiger partial charge on any atom is -0.497 e. The Bertz CT molecular complexity index is 1270. The zero-order valence-electron chi connectivity index (χ0n) is 15.1. The van der Waals surface area contributed by atoms with E-state index in [-0.39, 0.29) is 5.56 Å². The topological polar surface area (TPSA) is 111 Å². The molecule has 1 aliphatic rings. The van der Waals surface area contributed by atoms with Crippen molar-refractivity contribution >= 4 is 23.2 Å². The molecule has 3 heterocycles. The van der Waals surface area contributed by atoms with E-state index >= 15 is 0 Å². The van der Waals surface area contributed by atoms with Crippen molar-refractivity contribution in [2.45, 2.75) is 6.04 Å². The molecule has 0 aliphatic carbocycles. The third-order valence-corrected chi connectivity index (χ3v) is 5.05. The lowest BCUT2D eigenvalue weighted by atomic mass is 9.92. The van der Waals surface area contributed by atoms with Crippen molar-refractivity contribution < 1.29 is 4.74 Å². The number of aromatic amines is 1. The summed E-state index contributed by atoms with van der Waals surface area (Å²) in [6, 6.07) is 14.3. The van der Waals surface area contributed by atoms with Gasteiger partial charge in [-0.05, 0) is 40.3 Å². The van der Waals surface area contributed by atoms with Crippen molar-refractivity contribution in [1.29, 1.82) is 0 Å². The first-order valence-electron chi connectivity index (χ1n) is 8.73. The maximum Gasteiger partial charge on any atom is 0.288 e. The van der Waals surface area contributed by atoms with Crippen molar-refractivity contribution in [2.24, 2.45) is 0 Å². The van der Waals surface area contributed by atoms with Gasteiger partial charge >= 0.3 is 0 Å². The van der Waals surface area contributed by atoms with Gasteiger partial charge < -0.3 is 10.1 Å².